The monoisotopic (exact) mass is 496 g/mol. The Kier molecular flexibility index (Phi) is 6.82. The fourth-order valence-electron chi connectivity index (χ4n) is 4.63. The number of benzene rings is 2. The number of piperazine rings is 1. The first-order valence-electron chi connectivity index (χ1n) is 12.1. The molecule has 3 heterocycles. The number of hydrogen-bond donors (Lipinski definition) is 1. The number of fused-ring (bicyclic) bond motifs is 2. The Morgan fingerprint density at radius 2 is 1.69 bits per heavy atom. The van der Waals surface area contributed by atoms with E-state index in [1.807, 2.05) is 24.3 Å². The van der Waals surface area contributed by atoms with Crippen LogP contribution in [-0.2, 0) is 6.18 Å². The van der Waals surface area contributed by atoms with Crippen LogP contribution in [0, 0.1) is 0 Å². The van der Waals surface area contributed by atoms with Gasteiger partial charge in [0.15, 0.2) is 0 Å². The van der Waals surface area contributed by atoms with Gasteiger partial charge in [-0.25, -0.2) is 0 Å². The van der Waals surface area contributed by atoms with Crippen LogP contribution in [0.5, 0.6) is 5.88 Å². The Labute approximate surface area is 206 Å². The quantitative estimate of drug-likeness (QED) is 0.362. The van der Waals surface area contributed by atoms with Gasteiger partial charge in [0, 0.05) is 54.8 Å². The lowest BCUT2D eigenvalue weighted by atomic mass is 10.0. The molecule has 1 aliphatic heterocycles. The van der Waals surface area contributed by atoms with Gasteiger partial charge in [-0.3, -0.25) is 9.69 Å². The number of nitrogens with zero attached hydrogens (tertiary/aromatic N) is 3. The van der Waals surface area contributed by atoms with Crippen LogP contribution in [0.15, 0.2) is 65.5 Å². The van der Waals surface area contributed by atoms with Crippen molar-refractivity contribution < 1.29 is 17.9 Å². The number of hydrogen-bond acceptors (Lipinski definition) is 5. The van der Waals surface area contributed by atoms with Crippen molar-refractivity contribution in [2.45, 2.75) is 19.0 Å². The molecule has 6 nitrogen and oxygen atoms in total. The number of unbranched alkanes of at least 4 members (excludes halogenated alkanes) is 1. The number of halogens is 3. The summed E-state index contributed by atoms with van der Waals surface area (Å²) in [5.74, 6) is 0.488. The summed E-state index contributed by atoms with van der Waals surface area (Å²) in [6.45, 7) is 4.72. The van der Waals surface area contributed by atoms with E-state index in [1.165, 1.54) is 12.1 Å². The summed E-state index contributed by atoms with van der Waals surface area (Å²) in [6, 6.07) is 16.5. The maximum absolute atomic E-state index is 13.2. The molecule has 36 heavy (non-hydrogen) atoms. The molecule has 9 heteroatoms. The van der Waals surface area contributed by atoms with E-state index in [0.29, 0.717) is 23.5 Å². The molecule has 1 saturated heterocycles. The van der Waals surface area contributed by atoms with Gasteiger partial charge in [-0.15, -0.1) is 0 Å². The molecule has 2 aromatic heterocycles. The Hall–Kier alpha value is -3.59. The van der Waals surface area contributed by atoms with Crippen molar-refractivity contribution in [3.8, 4) is 5.88 Å². The zero-order valence-electron chi connectivity index (χ0n) is 19.7. The number of aromatic nitrogens is 2. The maximum Gasteiger partial charge on any atom is 0.416 e. The van der Waals surface area contributed by atoms with Crippen LogP contribution in [0.25, 0.3) is 21.8 Å². The molecule has 0 spiro atoms. The normalized spacial score (nSPS) is 15.0. The molecule has 1 fully saturated rings. The Morgan fingerprint density at radius 3 is 2.50 bits per heavy atom. The molecule has 0 atom stereocenters. The molecular weight excluding hydrogens is 469 g/mol. The number of pyridine rings is 2. The number of rotatable bonds is 7. The summed E-state index contributed by atoms with van der Waals surface area (Å²) >= 11 is 0. The minimum atomic E-state index is -4.35. The zero-order chi connectivity index (χ0) is 25.1. The number of H-pyrrole nitrogens is 1. The zero-order valence-corrected chi connectivity index (χ0v) is 19.7. The third-order valence-electron chi connectivity index (χ3n) is 6.57. The van der Waals surface area contributed by atoms with Gasteiger partial charge in [0.1, 0.15) is 5.65 Å². The molecule has 188 valence electrons. The van der Waals surface area contributed by atoms with Crippen molar-refractivity contribution in [1.29, 1.82) is 0 Å². The molecule has 4 aromatic rings. The molecule has 5 rings (SSSR count). The first-order valence-corrected chi connectivity index (χ1v) is 12.1. The van der Waals surface area contributed by atoms with Crippen LogP contribution in [-0.4, -0.2) is 54.2 Å². The fourth-order valence-corrected chi connectivity index (χ4v) is 4.63. The minimum absolute atomic E-state index is 0.196. The second kappa shape index (κ2) is 10.2. The molecule has 1 N–H and O–H groups in total. The number of ether oxygens (including phenoxy) is 1. The number of nitrogens with one attached hydrogen (secondary N) is 1. The molecule has 0 radical (unpaired) electrons. The molecule has 1 aliphatic rings. The van der Waals surface area contributed by atoms with Crippen molar-refractivity contribution in [2.75, 3.05) is 44.2 Å². The maximum atomic E-state index is 13.2. The fraction of sp³-hybridized carbons (Fsp3) is 0.333. The molecular formula is C27H27F3N4O2. The van der Waals surface area contributed by atoms with Crippen molar-refractivity contribution in [3.63, 3.8) is 0 Å². The molecule has 0 bridgehead atoms. The number of alkyl halides is 3. The summed E-state index contributed by atoms with van der Waals surface area (Å²) in [5.41, 5.74) is 0.559. The number of aromatic amines is 1. The van der Waals surface area contributed by atoms with Crippen LogP contribution in [0.2, 0.25) is 0 Å². The van der Waals surface area contributed by atoms with Crippen molar-refractivity contribution in [3.05, 3.63) is 76.6 Å². The van der Waals surface area contributed by atoms with Crippen LogP contribution in [0.4, 0.5) is 18.9 Å². The first kappa shape index (κ1) is 24.1. The van der Waals surface area contributed by atoms with Gasteiger partial charge in [-0.1, -0.05) is 18.2 Å². The Morgan fingerprint density at radius 1 is 0.917 bits per heavy atom. The van der Waals surface area contributed by atoms with Gasteiger partial charge >= 0.3 is 6.18 Å². The summed E-state index contributed by atoms with van der Waals surface area (Å²) in [7, 11) is 0. The lowest BCUT2D eigenvalue weighted by Crippen LogP contribution is -2.46. The second-order valence-corrected chi connectivity index (χ2v) is 9.00. The summed E-state index contributed by atoms with van der Waals surface area (Å²) in [4.78, 5) is 23.1. The van der Waals surface area contributed by atoms with Crippen molar-refractivity contribution >= 4 is 27.5 Å². The van der Waals surface area contributed by atoms with E-state index in [9.17, 15) is 18.0 Å². The van der Waals surface area contributed by atoms with Crippen LogP contribution in [0.3, 0.4) is 0 Å². The molecule has 2 aromatic carbocycles. The average molecular weight is 497 g/mol. The first-order chi connectivity index (χ1) is 17.4. The van der Waals surface area contributed by atoms with Gasteiger partial charge in [0.2, 0.25) is 11.4 Å². The lowest BCUT2D eigenvalue weighted by Gasteiger charge is -2.36. The number of anilines is 1. The molecule has 0 unspecified atom stereocenters. The third-order valence-corrected chi connectivity index (χ3v) is 6.57. The lowest BCUT2D eigenvalue weighted by molar-refractivity contribution is -0.137. The van der Waals surface area contributed by atoms with Crippen molar-refractivity contribution in [1.82, 2.24) is 14.9 Å². The molecule has 0 saturated carbocycles. The summed E-state index contributed by atoms with van der Waals surface area (Å²) in [5, 5.41) is 2.31. The average Bonchev–Trinajstić information content (AvgIpc) is 2.87. The molecule has 0 amide bonds. The SMILES string of the molecule is O=c1ccc2ccc(OCCCCN3CCN(c4cccc5ccc(C(F)(F)F)cc45)CC3)nc2[nH]1. The van der Waals surface area contributed by atoms with Gasteiger partial charge in [-0.05, 0) is 55.1 Å². The largest absolute Gasteiger partial charge is 0.478 e. The van der Waals surface area contributed by atoms with Crippen LogP contribution >= 0.6 is 0 Å². The van der Waals surface area contributed by atoms with E-state index in [4.69, 9.17) is 4.74 Å². The van der Waals surface area contributed by atoms with Crippen molar-refractivity contribution in [2.24, 2.45) is 0 Å². The Balaban J connectivity index is 1.10. The summed E-state index contributed by atoms with van der Waals surface area (Å²) in [6.07, 6.45) is -2.52. The van der Waals surface area contributed by atoms with Crippen LogP contribution in [0.1, 0.15) is 18.4 Å². The Bertz CT molecular complexity index is 1410. The minimum Gasteiger partial charge on any atom is -0.478 e. The highest BCUT2D eigenvalue weighted by Crippen LogP contribution is 2.35. The van der Waals surface area contributed by atoms with E-state index >= 15 is 0 Å². The second-order valence-electron chi connectivity index (χ2n) is 9.00. The third kappa shape index (κ3) is 5.46. The van der Waals surface area contributed by atoms with E-state index in [1.54, 1.807) is 18.2 Å². The predicted molar refractivity (Wildman–Crippen MR) is 135 cm³/mol. The van der Waals surface area contributed by atoms with E-state index < -0.39 is 11.7 Å². The smallest absolute Gasteiger partial charge is 0.416 e. The standard InChI is InChI=1S/C27H27F3N4O2/c28-27(29,30)21-9-6-19-4-3-5-23(22(19)18-21)34-15-13-33(14-16-34)12-1-2-17-36-25-11-8-20-7-10-24(35)31-26(20)32-25/h3-11,18H,1-2,12-17H2,(H,31,32,35). The van der Waals surface area contributed by atoms with Gasteiger partial charge in [0.25, 0.3) is 0 Å². The van der Waals surface area contributed by atoms with Gasteiger partial charge < -0.3 is 14.6 Å². The van der Waals surface area contributed by atoms with Gasteiger partial charge in [0.05, 0.1) is 12.2 Å². The van der Waals surface area contributed by atoms with E-state index in [0.717, 1.165) is 68.1 Å². The summed E-state index contributed by atoms with van der Waals surface area (Å²) < 4.78 is 45.5. The topological polar surface area (TPSA) is 61.5 Å². The van der Waals surface area contributed by atoms with Crippen LogP contribution < -0.4 is 15.2 Å². The highest BCUT2D eigenvalue weighted by Gasteiger charge is 2.31. The predicted octanol–water partition coefficient (Wildman–Crippen LogP) is 5.08. The highest BCUT2D eigenvalue weighted by molar-refractivity contribution is 5.95. The molecule has 0 aliphatic carbocycles. The van der Waals surface area contributed by atoms with E-state index in [2.05, 4.69) is 19.8 Å². The highest BCUT2D eigenvalue weighted by atomic mass is 19.4. The van der Waals surface area contributed by atoms with E-state index in [-0.39, 0.29) is 5.56 Å². The van der Waals surface area contributed by atoms with Gasteiger partial charge in [-0.2, -0.15) is 18.2 Å².